The summed E-state index contributed by atoms with van der Waals surface area (Å²) in [5.74, 6) is -0.0174. The summed E-state index contributed by atoms with van der Waals surface area (Å²) in [4.78, 5) is 12.7. The molecule has 0 spiro atoms. The van der Waals surface area contributed by atoms with Crippen molar-refractivity contribution >= 4 is 5.97 Å². The van der Waals surface area contributed by atoms with Gasteiger partial charge in [-0.1, -0.05) is 0 Å². The van der Waals surface area contributed by atoms with Gasteiger partial charge in [-0.3, -0.25) is 4.79 Å². The largest absolute Gasteiger partial charge is 1.00 e. The van der Waals surface area contributed by atoms with Crippen LogP contribution in [0.5, 0.6) is 0 Å². The second kappa shape index (κ2) is 7.07. The molecule has 0 aromatic carbocycles. The van der Waals surface area contributed by atoms with Gasteiger partial charge >= 0.3 is 5.97 Å². The molecule has 1 saturated heterocycles. The van der Waals surface area contributed by atoms with E-state index < -0.39 is 0 Å². The molecule has 0 aliphatic carbocycles. The average Bonchev–Trinajstić information content (AvgIpc) is 2.18. The summed E-state index contributed by atoms with van der Waals surface area (Å²) < 4.78 is 4.70. The first-order valence-corrected chi connectivity index (χ1v) is 5.15. The van der Waals surface area contributed by atoms with Gasteiger partial charge in [0.2, 0.25) is 0 Å². The van der Waals surface area contributed by atoms with Gasteiger partial charge in [0.1, 0.15) is 5.92 Å². The second-order valence-electron chi connectivity index (χ2n) is 3.94. The summed E-state index contributed by atoms with van der Waals surface area (Å²) in [5.41, 5.74) is 0. The van der Waals surface area contributed by atoms with E-state index in [0.29, 0.717) is 0 Å². The minimum atomic E-state index is -0.0712. The number of quaternary nitrogens is 1. The van der Waals surface area contributed by atoms with E-state index >= 15 is 0 Å². The standard InChI is InChI=1S/C10H19NO2.ClH/c1-9(10(12)13-2)8-11-6-4-3-5-7-11;/h9H,3-8H2,1-2H3;1H. The molecule has 0 aromatic heterocycles. The molecule has 1 aliphatic rings. The molecule has 14 heavy (non-hydrogen) atoms. The van der Waals surface area contributed by atoms with Crippen LogP contribution in [-0.2, 0) is 9.53 Å². The van der Waals surface area contributed by atoms with E-state index in [4.69, 9.17) is 4.74 Å². The Bertz CT molecular complexity index is 170. The van der Waals surface area contributed by atoms with Crippen LogP contribution in [-0.4, -0.2) is 32.7 Å². The molecule has 4 heteroatoms. The Kier molecular flexibility index (Phi) is 6.93. The van der Waals surface area contributed by atoms with Crippen molar-refractivity contribution in [2.75, 3.05) is 26.7 Å². The third kappa shape index (κ3) is 4.29. The lowest BCUT2D eigenvalue weighted by atomic mass is 10.1. The lowest BCUT2D eigenvalue weighted by Crippen LogP contribution is -3.13. The maximum atomic E-state index is 11.1. The molecular formula is C10H20ClNO2. The number of ether oxygens (including phenoxy) is 1. The van der Waals surface area contributed by atoms with E-state index in [1.54, 1.807) is 4.90 Å². The topological polar surface area (TPSA) is 30.7 Å². The third-order valence-electron chi connectivity index (χ3n) is 2.76. The van der Waals surface area contributed by atoms with Crippen molar-refractivity contribution in [1.82, 2.24) is 0 Å². The van der Waals surface area contributed by atoms with Gasteiger partial charge in [0.25, 0.3) is 0 Å². The van der Waals surface area contributed by atoms with Gasteiger partial charge in [-0.25, -0.2) is 0 Å². The number of esters is 1. The fraction of sp³-hybridized carbons (Fsp3) is 0.900. The van der Waals surface area contributed by atoms with Crippen molar-refractivity contribution in [2.45, 2.75) is 26.2 Å². The molecule has 3 nitrogen and oxygen atoms in total. The van der Waals surface area contributed by atoms with Crippen LogP contribution in [0.4, 0.5) is 0 Å². The van der Waals surface area contributed by atoms with E-state index in [1.165, 1.54) is 39.5 Å². The normalized spacial score (nSPS) is 19.6. The Balaban J connectivity index is 0.00000169. The highest BCUT2D eigenvalue weighted by molar-refractivity contribution is 5.71. The smallest absolute Gasteiger partial charge is 0.314 e. The molecule has 1 rings (SSSR count). The zero-order valence-corrected chi connectivity index (χ0v) is 9.77. The molecule has 0 saturated carbocycles. The van der Waals surface area contributed by atoms with Crippen LogP contribution < -0.4 is 17.3 Å². The van der Waals surface area contributed by atoms with Crippen LogP contribution in [0, 0.1) is 5.92 Å². The molecule has 1 unspecified atom stereocenters. The van der Waals surface area contributed by atoms with Crippen molar-refractivity contribution in [3.63, 3.8) is 0 Å². The molecular weight excluding hydrogens is 202 g/mol. The maximum Gasteiger partial charge on any atom is 0.314 e. The fourth-order valence-electron chi connectivity index (χ4n) is 1.97. The SMILES string of the molecule is COC(=O)C(C)C[NH+]1CCCCC1.[Cl-]. The van der Waals surface area contributed by atoms with Crippen molar-refractivity contribution < 1.29 is 26.8 Å². The summed E-state index contributed by atoms with van der Waals surface area (Å²) in [6, 6.07) is 0. The van der Waals surface area contributed by atoms with Crippen LogP contribution in [0.3, 0.4) is 0 Å². The van der Waals surface area contributed by atoms with Crippen molar-refractivity contribution in [3.05, 3.63) is 0 Å². The molecule has 1 fully saturated rings. The fourth-order valence-corrected chi connectivity index (χ4v) is 1.97. The first-order chi connectivity index (χ1) is 6.24. The van der Waals surface area contributed by atoms with E-state index in [-0.39, 0.29) is 24.3 Å². The Morgan fingerprint density at radius 3 is 2.43 bits per heavy atom. The van der Waals surface area contributed by atoms with E-state index in [0.717, 1.165) is 6.54 Å². The first-order valence-electron chi connectivity index (χ1n) is 5.15. The number of carbonyl (C=O) groups excluding carboxylic acids is 1. The van der Waals surface area contributed by atoms with Crippen LogP contribution in [0.15, 0.2) is 0 Å². The van der Waals surface area contributed by atoms with Gasteiger partial charge in [0.05, 0.1) is 26.7 Å². The monoisotopic (exact) mass is 221 g/mol. The highest BCUT2D eigenvalue weighted by atomic mass is 35.5. The lowest BCUT2D eigenvalue weighted by Gasteiger charge is -2.25. The Morgan fingerprint density at radius 2 is 1.93 bits per heavy atom. The van der Waals surface area contributed by atoms with Crippen LogP contribution >= 0.6 is 0 Å². The van der Waals surface area contributed by atoms with Crippen LogP contribution in [0.25, 0.3) is 0 Å². The molecule has 1 aliphatic heterocycles. The van der Waals surface area contributed by atoms with Gasteiger partial charge < -0.3 is 22.0 Å². The van der Waals surface area contributed by atoms with Gasteiger partial charge in [-0.2, -0.15) is 0 Å². The predicted octanol–water partition coefficient (Wildman–Crippen LogP) is -3.13. The van der Waals surface area contributed by atoms with Gasteiger partial charge in [-0.15, -0.1) is 0 Å². The van der Waals surface area contributed by atoms with Crippen molar-refractivity contribution in [1.29, 1.82) is 0 Å². The molecule has 0 amide bonds. The predicted molar refractivity (Wildman–Crippen MR) is 50.6 cm³/mol. The number of hydrogen-bond acceptors (Lipinski definition) is 2. The number of carbonyl (C=O) groups is 1. The number of likely N-dealkylation sites (tertiary alicyclic amines) is 1. The van der Waals surface area contributed by atoms with Gasteiger partial charge in [0.15, 0.2) is 0 Å². The Morgan fingerprint density at radius 1 is 1.36 bits per heavy atom. The maximum absolute atomic E-state index is 11.1. The van der Waals surface area contributed by atoms with E-state index in [2.05, 4.69) is 0 Å². The second-order valence-corrected chi connectivity index (χ2v) is 3.94. The van der Waals surface area contributed by atoms with Crippen molar-refractivity contribution in [2.24, 2.45) is 5.92 Å². The number of hydrogen-bond donors (Lipinski definition) is 1. The number of methoxy groups -OCH3 is 1. The van der Waals surface area contributed by atoms with Crippen molar-refractivity contribution in [3.8, 4) is 0 Å². The summed E-state index contributed by atoms with van der Waals surface area (Å²) in [5, 5.41) is 0. The van der Waals surface area contributed by atoms with E-state index in [1.807, 2.05) is 6.92 Å². The molecule has 0 aromatic rings. The molecule has 1 N–H and O–H groups in total. The Hall–Kier alpha value is -0.280. The van der Waals surface area contributed by atoms with Crippen LogP contribution in [0.1, 0.15) is 26.2 Å². The highest BCUT2D eigenvalue weighted by Gasteiger charge is 2.21. The molecule has 0 radical (unpaired) electrons. The summed E-state index contributed by atoms with van der Waals surface area (Å²) in [6.45, 7) is 5.34. The summed E-state index contributed by atoms with van der Waals surface area (Å²) >= 11 is 0. The first kappa shape index (κ1) is 13.7. The zero-order chi connectivity index (χ0) is 9.68. The molecule has 1 atom stereocenters. The lowest BCUT2D eigenvalue weighted by molar-refractivity contribution is -0.907. The zero-order valence-electron chi connectivity index (χ0n) is 9.01. The van der Waals surface area contributed by atoms with Gasteiger partial charge in [0, 0.05) is 0 Å². The highest BCUT2D eigenvalue weighted by Crippen LogP contribution is 1.97. The summed E-state index contributed by atoms with van der Waals surface area (Å²) in [6.07, 6.45) is 3.97. The number of rotatable bonds is 3. The molecule has 0 bridgehead atoms. The van der Waals surface area contributed by atoms with Crippen LogP contribution in [0.2, 0.25) is 0 Å². The van der Waals surface area contributed by atoms with Gasteiger partial charge in [-0.05, 0) is 26.2 Å². The molecule has 84 valence electrons. The Labute approximate surface area is 92.2 Å². The average molecular weight is 222 g/mol. The number of halogens is 1. The summed E-state index contributed by atoms with van der Waals surface area (Å²) in [7, 11) is 1.46. The quantitative estimate of drug-likeness (QED) is 0.511. The van der Waals surface area contributed by atoms with E-state index in [9.17, 15) is 4.79 Å². The minimum Gasteiger partial charge on any atom is -1.00 e. The molecule has 1 heterocycles. The number of piperidine rings is 1. The third-order valence-corrected chi connectivity index (χ3v) is 2.76. The number of nitrogens with one attached hydrogen (secondary N) is 1. The minimum absolute atomic E-state index is 0.